The second-order valence-electron chi connectivity index (χ2n) is 7.80. The summed E-state index contributed by atoms with van der Waals surface area (Å²) in [5, 5.41) is 5.80. The van der Waals surface area contributed by atoms with Crippen LogP contribution in [-0.4, -0.2) is 46.9 Å². The van der Waals surface area contributed by atoms with E-state index >= 15 is 0 Å². The summed E-state index contributed by atoms with van der Waals surface area (Å²) in [6.45, 7) is 0.317. The van der Waals surface area contributed by atoms with Gasteiger partial charge in [0.05, 0.1) is 0 Å². The molecule has 9 heteroatoms. The van der Waals surface area contributed by atoms with E-state index < -0.39 is 18.0 Å². The number of nitrogens with two attached hydrogens (primary N) is 1. The number of nitrogens with zero attached hydrogens (tertiary/aromatic N) is 1. The number of rotatable bonds is 4. The highest BCUT2D eigenvalue weighted by Crippen LogP contribution is 2.34. The van der Waals surface area contributed by atoms with E-state index in [2.05, 4.69) is 10.6 Å². The highest BCUT2D eigenvalue weighted by Gasteiger charge is 2.40. The Hall–Kier alpha value is -3.10. The van der Waals surface area contributed by atoms with E-state index in [1.54, 1.807) is 6.07 Å². The van der Waals surface area contributed by atoms with Crippen molar-refractivity contribution in [3.05, 3.63) is 29.3 Å². The van der Waals surface area contributed by atoms with Gasteiger partial charge >= 0.3 is 6.09 Å². The van der Waals surface area contributed by atoms with Gasteiger partial charge < -0.3 is 20.7 Å². The maximum absolute atomic E-state index is 12.9. The number of hydrogen-bond acceptors (Lipinski definition) is 6. The van der Waals surface area contributed by atoms with Gasteiger partial charge in [0.1, 0.15) is 12.1 Å². The molecule has 2 heterocycles. The van der Waals surface area contributed by atoms with Crippen molar-refractivity contribution in [1.82, 2.24) is 10.2 Å². The van der Waals surface area contributed by atoms with Crippen molar-refractivity contribution in [2.24, 2.45) is 5.73 Å². The summed E-state index contributed by atoms with van der Waals surface area (Å²) in [5.41, 5.74) is 7.40. The Balaban J connectivity index is 1.49. The standard InChI is InChI=1S/C20H24N4O5/c21-20(28)29-12-4-1-3-11(9-12)22-15-6-2-5-13-14(15)10-24(19(13)27)16-7-8-17(25)23-18(16)26/h2,5-6,11-12,16,22H,1,3-4,7-10H2,(H2,21,28)(H,23,25,26). The summed E-state index contributed by atoms with van der Waals surface area (Å²) in [6.07, 6.45) is 2.86. The molecule has 29 heavy (non-hydrogen) atoms. The van der Waals surface area contributed by atoms with Gasteiger partial charge in [-0.2, -0.15) is 0 Å². The highest BCUT2D eigenvalue weighted by molar-refractivity contribution is 6.06. The van der Waals surface area contributed by atoms with Gasteiger partial charge in [0.2, 0.25) is 11.8 Å². The van der Waals surface area contributed by atoms with E-state index in [1.165, 1.54) is 4.90 Å². The maximum Gasteiger partial charge on any atom is 0.404 e. The molecule has 2 aliphatic heterocycles. The first-order valence-electron chi connectivity index (χ1n) is 9.91. The molecule has 4 rings (SSSR count). The van der Waals surface area contributed by atoms with Crippen molar-refractivity contribution in [3.8, 4) is 0 Å². The number of carbonyl (C=O) groups excluding carboxylic acids is 4. The molecule has 2 fully saturated rings. The minimum Gasteiger partial charge on any atom is -0.446 e. The van der Waals surface area contributed by atoms with Gasteiger partial charge in [-0.1, -0.05) is 6.07 Å². The van der Waals surface area contributed by atoms with E-state index in [4.69, 9.17) is 10.5 Å². The van der Waals surface area contributed by atoms with E-state index in [0.29, 0.717) is 24.9 Å². The minimum absolute atomic E-state index is 0.0966. The third-order valence-corrected chi connectivity index (χ3v) is 5.85. The molecule has 3 unspecified atom stereocenters. The third-order valence-electron chi connectivity index (χ3n) is 5.85. The van der Waals surface area contributed by atoms with Gasteiger partial charge in [-0.15, -0.1) is 0 Å². The molecule has 3 atom stereocenters. The summed E-state index contributed by atoms with van der Waals surface area (Å²) in [6, 6.07) is 4.95. The fraction of sp³-hybridized carbons (Fsp3) is 0.500. The molecule has 4 N–H and O–H groups in total. The molecule has 1 aromatic rings. The Labute approximate surface area is 167 Å². The van der Waals surface area contributed by atoms with Crippen molar-refractivity contribution in [2.75, 3.05) is 5.32 Å². The Bertz CT molecular complexity index is 870. The average Bonchev–Trinajstić information content (AvgIpc) is 2.99. The Kier molecular flexibility index (Phi) is 5.12. The van der Waals surface area contributed by atoms with E-state index in [9.17, 15) is 19.2 Å². The zero-order chi connectivity index (χ0) is 20.5. The van der Waals surface area contributed by atoms with Crippen molar-refractivity contribution in [1.29, 1.82) is 0 Å². The van der Waals surface area contributed by atoms with Gasteiger partial charge in [-0.05, 0) is 37.8 Å². The summed E-state index contributed by atoms with van der Waals surface area (Å²) >= 11 is 0. The number of primary amides is 1. The summed E-state index contributed by atoms with van der Waals surface area (Å²) in [7, 11) is 0. The summed E-state index contributed by atoms with van der Waals surface area (Å²) < 4.78 is 5.15. The van der Waals surface area contributed by atoms with Gasteiger partial charge in [-0.3, -0.25) is 19.7 Å². The first-order valence-corrected chi connectivity index (χ1v) is 9.91. The molecule has 1 saturated heterocycles. The predicted molar refractivity (Wildman–Crippen MR) is 103 cm³/mol. The second-order valence-corrected chi connectivity index (χ2v) is 7.80. The number of nitrogens with one attached hydrogen (secondary N) is 2. The normalized spacial score (nSPS) is 26.7. The Morgan fingerprint density at radius 1 is 1.21 bits per heavy atom. The van der Waals surface area contributed by atoms with Crippen molar-refractivity contribution < 1.29 is 23.9 Å². The van der Waals surface area contributed by atoms with Crippen LogP contribution in [0.2, 0.25) is 0 Å². The molecule has 4 amide bonds. The average molecular weight is 400 g/mol. The number of anilines is 1. The molecule has 0 aromatic heterocycles. The Morgan fingerprint density at radius 3 is 2.79 bits per heavy atom. The molecule has 1 aliphatic carbocycles. The van der Waals surface area contributed by atoms with E-state index in [-0.39, 0.29) is 30.4 Å². The number of imide groups is 1. The number of piperidine rings is 1. The smallest absolute Gasteiger partial charge is 0.404 e. The quantitative estimate of drug-likeness (QED) is 0.652. The molecule has 0 spiro atoms. The topological polar surface area (TPSA) is 131 Å². The largest absolute Gasteiger partial charge is 0.446 e. The molecule has 0 bridgehead atoms. The van der Waals surface area contributed by atoms with Crippen LogP contribution in [0.5, 0.6) is 0 Å². The van der Waals surface area contributed by atoms with Crippen LogP contribution >= 0.6 is 0 Å². The zero-order valence-electron chi connectivity index (χ0n) is 16.0. The lowest BCUT2D eigenvalue weighted by Crippen LogP contribution is -2.52. The van der Waals surface area contributed by atoms with Crippen molar-refractivity contribution >= 4 is 29.5 Å². The van der Waals surface area contributed by atoms with Crippen LogP contribution < -0.4 is 16.4 Å². The molecular formula is C20H24N4O5. The van der Waals surface area contributed by atoms with Crippen LogP contribution in [0.4, 0.5) is 10.5 Å². The van der Waals surface area contributed by atoms with E-state index in [1.807, 2.05) is 12.1 Å². The monoisotopic (exact) mass is 400 g/mol. The van der Waals surface area contributed by atoms with Crippen molar-refractivity contribution in [3.63, 3.8) is 0 Å². The van der Waals surface area contributed by atoms with Crippen LogP contribution in [0.15, 0.2) is 18.2 Å². The first-order chi connectivity index (χ1) is 13.9. The molecule has 0 radical (unpaired) electrons. The van der Waals surface area contributed by atoms with Crippen LogP contribution in [0.1, 0.15) is 54.4 Å². The predicted octanol–water partition coefficient (Wildman–Crippen LogP) is 1.27. The second kappa shape index (κ2) is 7.73. The van der Waals surface area contributed by atoms with Crippen LogP contribution in [0.25, 0.3) is 0 Å². The first kappa shape index (κ1) is 19.2. The fourth-order valence-corrected chi connectivity index (χ4v) is 4.49. The van der Waals surface area contributed by atoms with Gasteiger partial charge in [0.15, 0.2) is 0 Å². The molecule has 1 aromatic carbocycles. The molecule has 3 aliphatic rings. The van der Waals surface area contributed by atoms with Gasteiger partial charge in [0, 0.05) is 42.2 Å². The molecule has 1 saturated carbocycles. The van der Waals surface area contributed by atoms with Crippen molar-refractivity contribution in [2.45, 2.75) is 63.3 Å². The zero-order valence-corrected chi connectivity index (χ0v) is 16.0. The lowest BCUT2D eigenvalue weighted by molar-refractivity contribution is -0.136. The van der Waals surface area contributed by atoms with Crippen LogP contribution in [0, 0.1) is 0 Å². The van der Waals surface area contributed by atoms with E-state index in [0.717, 1.165) is 30.5 Å². The Morgan fingerprint density at radius 2 is 2.03 bits per heavy atom. The summed E-state index contributed by atoms with van der Waals surface area (Å²) in [4.78, 5) is 49.1. The molecule has 154 valence electrons. The van der Waals surface area contributed by atoms with Gasteiger partial charge in [0.25, 0.3) is 5.91 Å². The number of hydrogen-bond donors (Lipinski definition) is 3. The minimum atomic E-state index is -0.762. The number of amides is 4. The summed E-state index contributed by atoms with van der Waals surface area (Å²) in [5.74, 6) is -0.921. The number of ether oxygens (including phenoxy) is 1. The lowest BCUT2D eigenvalue weighted by atomic mass is 9.92. The highest BCUT2D eigenvalue weighted by atomic mass is 16.6. The SMILES string of the molecule is NC(=O)OC1CCCC(Nc2cccc3c2CN(C2CCC(=O)NC2=O)C3=O)C1. The lowest BCUT2D eigenvalue weighted by Gasteiger charge is -2.31. The molecule has 9 nitrogen and oxygen atoms in total. The van der Waals surface area contributed by atoms with Gasteiger partial charge in [-0.25, -0.2) is 4.79 Å². The van der Waals surface area contributed by atoms with Crippen LogP contribution in [-0.2, 0) is 20.9 Å². The number of carbonyl (C=O) groups is 4. The van der Waals surface area contributed by atoms with Crippen LogP contribution in [0.3, 0.4) is 0 Å². The fourth-order valence-electron chi connectivity index (χ4n) is 4.49. The maximum atomic E-state index is 12.9. The third kappa shape index (κ3) is 3.90. The molecular weight excluding hydrogens is 376 g/mol. The number of benzene rings is 1. The number of fused-ring (bicyclic) bond motifs is 1.